The van der Waals surface area contributed by atoms with Crippen LogP contribution in [0.25, 0.3) is 0 Å². The number of ether oxygens (including phenoxy) is 2. The van der Waals surface area contributed by atoms with Crippen molar-refractivity contribution in [3.05, 3.63) is 59.7 Å². The van der Waals surface area contributed by atoms with Gasteiger partial charge in [-0.3, -0.25) is 14.8 Å². The third-order valence-corrected chi connectivity index (χ3v) is 5.55. The van der Waals surface area contributed by atoms with Gasteiger partial charge in [0.1, 0.15) is 0 Å². The van der Waals surface area contributed by atoms with Gasteiger partial charge in [0.15, 0.2) is 17.5 Å². The molecule has 168 valence electrons. The molecule has 0 amide bonds. The van der Waals surface area contributed by atoms with Crippen molar-refractivity contribution in [2.45, 2.75) is 13.1 Å². The number of benzene rings is 2. The predicted molar refractivity (Wildman–Crippen MR) is 134 cm³/mol. The van der Waals surface area contributed by atoms with E-state index in [2.05, 4.69) is 55.8 Å². The minimum atomic E-state index is 0. The van der Waals surface area contributed by atoms with Gasteiger partial charge < -0.3 is 20.1 Å². The molecule has 1 saturated heterocycles. The highest BCUT2D eigenvalue weighted by atomic mass is 127. The highest BCUT2D eigenvalue weighted by Crippen LogP contribution is 2.32. The van der Waals surface area contributed by atoms with Crippen LogP contribution in [0.2, 0.25) is 0 Å². The molecule has 4 rings (SSSR count). The molecule has 1 fully saturated rings. The Morgan fingerprint density at radius 1 is 0.903 bits per heavy atom. The summed E-state index contributed by atoms with van der Waals surface area (Å²) in [7, 11) is 1.80. The number of guanidine groups is 1. The maximum absolute atomic E-state index is 5.44. The summed E-state index contributed by atoms with van der Waals surface area (Å²) in [5, 5.41) is 6.78. The number of fused-ring (bicyclic) bond motifs is 1. The van der Waals surface area contributed by atoms with Gasteiger partial charge in [0.2, 0.25) is 6.79 Å². The van der Waals surface area contributed by atoms with E-state index in [1.165, 1.54) is 5.56 Å². The number of hydrogen-bond donors (Lipinski definition) is 2. The maximum Gasteiger partial charge on any atom is 0.231 e. The first-order valence-corrected chi connectivity index (χ1v) is 10.6. The average molecular weight is 537 g/mol. The molecule has 0 spiro atoms. The molecule has 0 unspecified atom stereocenters. The lowest BCUT2D eigenvalue weighted by Crippen LogP contribution is -2.48. The molecule has 2 aliphatic heterocycles. The Labute approximate surface area is 201 Å². The SMILES string of the molecule is CN=C(NCCN1CCN(Cc2ccccc2)CC1)NCc1ccc2c(c1)OCO2.I. The monoisotopic (exact) mass is 537 g/mol. The summed E-state index contributed by atoms with van der Waals surface area (Å²) in [6, 6.07) is 16.7. The van der Waals surface area contributed by atoms with Gasteiger partial charge in [-0.05, 0) is 23.3 Å². The Morgan fingerprint density at radius 2 is 1.65 bits per heavy atom. The van der Waals surface area contributed by atoms with Gasteiger partial charge in [-0.2, -0.15) is 0 Å². The Kier molecular flexibility index (Phi) is 9.23. The van der Waals surface area contributed by atoms with E-state index < -0.39 is 0 Å². The van der Waals surface area contributed by atoms with Crippen LogP contribution in [0.1, 0.15) is 11.1 Å². The molecule has 31 heavy (non-hydrogen) atoms. The first-order chi connectivity index (χ1) is 14.8. The Hall–Kier alpha value is -2.04. The first-order valence-electron chi connectivity index (χ1n) is 10.6. The second-order valence-electron chi connectivity index (χ2n) is 7.64. The zero-order chi connectivity index (χ0) is 20.6. The van der Waals surface area contributed by atoms with Crippen molar-refractivity contribution in [2.75, 3.05) is 53.1 Å². The topological polar surface area (TPSA) is 61.4 Å². The van der Waals surface area contributed by atoms with E-state index in [0.29, 0.717) is 13.3 Å². The number of aliphatic imine (C=N–C) groups is 1. The molecule has 7 nitrogen and oxygen atoms in total. The Morgan fingerprint density at radius 3 is 2.42 bits per heavy atom. The summed E-state index contributed by atoms with van der Waals surface area (Å²) in [6.45, 7) is 8.38. The van der Waals surface area contributed by atoms with E-state index in [0.717, 1.165) is 68.8 Å². The van der Waals surface area contributed by atoms with Gasteiger partial charge in [0.05, 0.1) is 0 Å². The molecule has 0 aromatic heterocycles. The van der Waals surface area contributed by atoms with Crippen LogP contribution in [-0.4, -0.2) is 68.9 Å². The van der Waals surface area contributed by atoms with Crippen molar-refractivity contribution in [1.29, 1.82) is 0 Å². The number of piperazine rings is 1. The summed E-state index contributed by atoms with van der Waals surface area (Å²) in [4.78, 5) is 9.38. The fraction of sp³-hybridized carbons (Fsp3) is 0.435. The molecule has 0 radical (unpaired) electrons. The van der Waals surface area contributed by atoms with Gasteiger partial charge in [-0.15, -0.1) is 24.0 Å². The van der Waals surface area contributed by atoms with E-state index in [9.17, 15) is 0 Å². The summed E-state index contributed by atoms with van der Waals surface area (Å²) in [5.74, 6) is 2.43. The van der Waals surface area contributed by atoms with Crippen molar-refractivity contribution >= 4 is 29.9 Å². The van der Waals surface area contributed by atoms with Crippen LogP contribution >= 0.6 is 24.0 Å². The normalized spacial score (nSPS) is 16.6. The number of rotatable bonds is 7. The average Bonchev–Trinajstić information content (AvgIpc) is 3.26. The largest absolute Gasteiger partial charge is 0.454 e. The van der Waals surface area contributed by atoms with E-state index >= 15 is 0 Å². The van der Waals surface area contributed by atoms with E-state index in [1.807, 2.05) is 18.2 Å². The van der Waals surface area contributed by atoms with E-state index in [4.69, 9.17) is 9.47 Å². The van der Waals surface area contributed by atoms with Gasteiger partial charge in [0, 0.05) is 59.4 Å². The highest BCUT2D eigenvalue weighted by molar-refractivity contribution is 14.0. The lowest BCUT2D eigenvalue weighted by atomic mass is 10.2. The number of halogens is 1. The highest BCUT2D eigenvalue weighted by Gasteiger charge is 2.17. The van der Waals surface area contributed by atoms with Crippen molar-refractivity contribution < 1.29 is 9.47 Å². The number of nitrogens with one attached hydrogen (secondary N) is 2. The van der Waals surface area contributed by atoms with E-state index in [-0.39, 0.29) is 24.0 Å². The van der Waals surface area contributed by atoms with Crippen LogP contribution in [0.3, 0.4) is 0 Å². The smallest absolute Gasteiger partial charge is 0.231 e. The number of hydrogen-bond acceptors (Lipinski definition) is 5. The van der Waals surface area contributed by atoms with Gasteiger partial charge in [-0.25, -0.2) is 0 Å². The lowest BCUT2D eigenvalue weighted by Gasteiger charge is -2.34. The van der Waals surface area contributed by atoms with Gasteiger partial charge >= 0.3 is 0 Å². The Balaban J connectivity index is 0.00000272. The van der Waals surface area contributed by atoms with Crippen LogP contribution in [-0.2, 0) is 13.1 Å². The van der Waals surface area contributed by atoms with Crippen molar-refractivity contribution in [2.24, 2.45) is 4.99 Å². The fourth-order valence-electron chi connectivity index (χ4n) is 3.80. The summed E-state index contributed by atoms with van der Waals surface area (Å²) in [5.41, 5.74) is 2.53. The minimum Gasteiger partial charge on any atom is -0.454 e. The molecule has 2 aromatic carbocycles. The summed E-state index contributed by atoms with van der Waals surface area (Å²) < 4.78 is 10.8. The molecule has 2 heterocycles. The van der Waals surface area contributed by atoms with Crippen molar-refractivity contribution in [3.63, 3.8) is 0 Å². The molecule has 2 aliphatic rings. The van der Waals surface area contributed by atoms with Crippen LogP contribution in [0.5, 0.6) is 11.5 Å². The quantitative estimate of drug-likeness (QED) is 0.322. The summed E-state index contributed by atoms with van der Waals surface area (Å²) >= 11 is 0. The standard InChI is InChI=1S/C23H31N5O2.HI/c1-24-23(26-16-20-7-8-21-22(15-20)30-18-29-21)25-9-10-27-11-13-28(14-12-27)17-19-5-3-2-4-6-19;/h2-8,15H,9-14,16-18H2,1H3,(H2,24,25,26);1H. The molecule has 0 aliphatic carbocycles. The maximum atomic E-state index is 5.44. The minimum absolute atomic E-state index is 0. The van der Waals surface area contributed by atoms with Crippen LogP contribution in [0.4, 0.5) is 0 Å². The molecule has 0 saturated carbocycles. The lowest BCUT2D eigenvalue weighted by molar-refractivity contribution is 0.129. The van der Waals surface area contributed by atoms with Gasteiger partial charge in [0.25, 0.3) is 0 Å². The predicted octanol–water partition coefficient (Wildman–Crippen LogP) is 2.52. The molecule has 2 aromatic rings. The van der Waals surface area contributed by atoms with Crippen LogP contribution in [0.15, 0.2) is 53.5 Å². The second kappa shape index (κ2) is 12.1. The van der Waals surface area contributed by atoms with Crippen molar-refractivity contribution in [3.8, 4) is 11.5 Å². The molecular formula is C23H32IN5O2. The molecule has 0 bridgehead atoms. The fourth-order valence-corrected chi connectivity index (χ4v) is 3.80. The zero-order valence-corrected chi connectivity index (χ0v) is 20.4. The second-order valence-corrected chi connectivity index (χ2v) is 7.64. The zero-order valence-electron chi connectivity index (χ0n) is 18.0. The first kappa shape index (κ1) is 23.6. The van der Waals surface area contributed by atoms with Crippen LogP contribution in [0, 0.1) is 0 Å². The Bertz CT molecular complexity index is 841. The van der Waals surface area contributed by atoms with Crippen molar-refractivity contribution in [1.82, 2.24) is 20.4 Å². The van der Waals surface area contributed by atoms with Crippen LogP contribution < -0.4 is 20.1 Å². The van der Waals surface area contributed by atoms with E-state index in [1.54, 1.807) is 7.05 Å². The number of nitrogens with zero attached hydrogens (tertiary/aromatic N) is 3. The molecular weight excluding hydrogens is 505 g/mol. The molecule has 8 heteroatoms. The third-order valence-electron chi connectivity index (χ3n) is 5.55. The molecule has 2 N–H and O–H groups in total. The van der Waals surface area contributed by atoms with Gasteiger partial charge in [-0.1, -0.05) is 36.4 Å². The summed E-state index contributed by atoms with van der Waals surface area (Å²) in [6.07, 6.45) is 0. The molecule has 0 atom stereocenters. The third kappa shape index (κ3) is 6.98.